The average molecular weight is 655 g/mol. The second-order valence-electron chi connectivity index (χ2n) is 11.8. The number of fused-ring (bicyclic) bond motifs is 1. The summed E-state index contributed by atoms with van der Waals surface area (Å²) in [6.45, 7) is 5.30. The molecule has 15 heteroatoms. The highest BCUT2D eigenvalue weighted by Gasteiger charge is 2.41. The van der Waals surface area contributed by atoms with Gasteiger partial charge in [0.25, 0.3) is 11.1 Å². The maximum atomic E-state index is 13.6. The molecule has 2 aliphatic heterocycles. The SMILES string of the molecule is CC(C)(C)OC(=O)N1CCC[C@H]1CN1C(=O)SC(=Cc2ccc3c(cnn3Cc3ccc(C(F)(F)F)cc3C(F)(F)F)c2)C1=O. The minimum Gasteiger partial charge on any atom is -0.444 e. The van der Waals surface area contributed by atoms with Crippen LogP contribution in [0.3, 0.4) is 0 Å². The van der Waals surface area contributed by atoms with Gasteiger partial charge in [-0.15, -0.1) is 0 Å². The van der Waals surface area contributed by atoms with Gasteiger partial charge in [0.2, 0.25) is 0 Å². The number of carbonyl (C=O) groups is 3. The number of aromatic nitrogens is 2. The first-order chi connectivity index (χ1) is 20.9. The molecule has 3 amide bonds. The van der Waals surface area contributed by atoms with Gasteiger partial charge in [-0.3, -0.25) is 19.2 Å². The van der Waals surface area contributed by atoms with Crippen LogP contribution < -0.4 is 0 Å². The summed E-state index contributed by atoms with van der Waals surface area (Å²) >= 11 is 0.755. The number of thioether (sulfide) groups is 1. The zero-order chi connectivity index (χ0) is 32.9. The monoisotopic (exact) mass is 654 g/mol. The van der Waals surface area contributed by atoms with Gasteiger partial charge in [-0.05, 0) is 86.8 Å². The van der Waals surface area contributed by atoms with Crippen molar-refractivity contribution in [1.29, 1.82) is 0 Å². The number of halogens is 6. The molecule has 0 bridgehead atoms. The van der Waals surface area contributed by atoms with Crippen molar-refractivity contribution in [3.05, 3.63) is 69.8 Å². The number of carbonyl (C=O) groups excluding carboxylic acids is 3. The fraction of sp³-hybridized carbons (Fsp3) is 0.400. The lowest BCUT2D eigenvalue weighted by Crippen LogP contribution is -2.46. The van der Waals surface area contributed by atoms with E-state index in [0.29, 0.717) is 41.9 Å². The normalized spacial score (nSPS) is 19.0. The van der Waals surface area contributed by atoms with Crippen molar-refractivity contribution in [1.82, 2.24) is 19.6 Å². The number of hydrogen-bond acceptors (Lipinski definition) is 6. The van der Waals surface area contributed by atoms with E-state index < -0.39 is 52.9 Å². The predicted molar refractivity (Wildman–Crippen MR) is 154 cm³/mol. The van der Waals surface area contributed by atoms with Crippen LogP contribution in [0.4, 0.5) is 35.9 Å². The molecule has 0 saturated carbocycles. The van der Waals surface area contributed by atoms with Crippen LogP contribution >= 0.6 is 11.8 Å². The Labute approximate surface area is 258 Å². The largest absolute Gasteiger partial charge is 0.444 e. The van der Waals surface area contributed by atoms with E-state index in [9.17, 15) is 40.7 Å². The Morgan fingerprint density at radius 2 is 1.78 bits per heavy atom. The van der Waals surface area contributed by atoms with Gasteiger partial charge in [0.15, 0.2) is 0 Å². The molecule has 2 aromatic carbocycles. The molecule has 1 atom stereocenters. The third kappa shape index (κ3) is 7.13. The third-order valence-corrected chi connectivity index (χ3v) is 8.21. The van der Waals surface area contributed by atoms with Crippen LogP contribution in [0, 0.1) is 0 Å². The van der Waals surface area contributed by atoms with Crippen molar-refractivity contribution in [2.75, 3.05) is 13.1 Å². The van der Waals surface area contributed by atoms with Crippen molar-refractivity contribution < 1.29 is 45.5 Å². The number of amides is 3. The molecule has 0 N–H and O–H groups in total. The molecule has 3 heterocycles. The van der Waals surface area contributed by atoms with E-state index >= 15 is 0 Å². The van der Waals surface area contributed by atoms with Crippen LogP contribution in [-0.4, -0.2) is 61.6 Å². The molecular formula is C30H28F6N4O4S. The Morgan fingerprint density at radius 3 is 2.44 bits per heavy atom. The fourth-order valence-corrected chi connectivity index (χ4v) is 6.09. The van der Waals surface area contributed by atoms with Crippen LogP contribution in [-0.2, 0) is 28.4 Å². The lowest BCUT2D eigenvalue weighted by Gasteiger charge is -2.30. The van der Waals surface area contributed by atoms with Crippen molar-refractivity contribution in [3.63, 3.8) is 0 Å². The second-order valence-corrected chi connectivity index (χ2v) is 12.7. The third-order valence-electron chi connectivity index (χ3n) is 7.30. The molecule has 2 saturated heterocycles. The zero-order valence-electron chi connectivity index (χ0n) is 24.3. The van der Waals surface area contributed by atoms with Gasteiger partial charge in [0.1, 0.15) is 5.60 Å². The van der Waals surface area contributed by atoms with Gasteiger partial charge < -0.3 is 9.64 Å². The highest BCUT2D eigenvalue weighted by Crippen LogP contribution is 2.38. The fourth-order valence-electron chi connectivity index (χ4n) is 5.24. The molecule has 3 aromatic rings. The van der Waals surface area contributed by atoms with Gasteiger partial charge in [-0.1, -0.05) is 12.1 Å². The second kappa shape index (κ2) is 11.7. The molecule has 240 valence electrons. The standard InChI is InChI=1S/C30H28F6N4O4S/c1-28(2,3)44-26(42)38-10-4-5-21(38)16-39-25(41)24(45-27(39)43)12-17-6-9-23-19(11-17)14-37-40(23)15-18-7-8-20(29(31,32)33)13-22(18)30(34,35)36/h6-9,11-14,21H,4-5,10,15-16H2,1-3H3/t21-/m0/s1. The summed E-state index contributed by atoms with van der Waals surface area (Å²) in [5.74, 6) is -0.515. The minimum atomic E-state index is -5.01. The summed E-state index contributed by atoms with van der Waals surface area (Å²) in [5, 5.41) is 4.15. The number of likely N-dealkylation sites (tertiary alicyclic amines) is 1. The Morgan fingerprint density at radius 1 is 1.04 bits per heavy atom. The van der Waals surface area contributed by atoms with Crippen molar-refractivity contribution in [3.8, 4) is 0 Å². The molecule has 0 spiro atoms. The summed E-state index contributed by atoms with van der Waals surface area (Å²) in [4.78, 5) is 41.4. The van der Waals surface area contributed by atoms with E-state index in [-0.39, 0.29) is 29.1 Å². The quantitative estimate of drug-likeness (QED) is 0.209. The van der Waals surface area contributed by atoms with Crippen LogP contribution in [0.15, 0.2) is 47.5 Å². The first-order valence-electron chi connectivity index (χ1n) is 13.9. The summed E-state index contributed by atoms with van der Waals surface area (Å²) in [5.41, 5.74) is -2.94. The predicted octanol–water partition coefficient (Wildman–Crippen LogP) is 7.56. The maximum absolute atomic E-state index is 13.6. The Hall–Kier alpha value is -4.01. The number of alkyl halides is 6. The summed E-state index contributed by atoms with van der Waals surface area (Å²) in [6.07, 6.45) is -6.23. The van der Waals surface area contributed by atoms with E-state index in [1.807, 2.05) is 0 Å². The van der Waals surface area contributed by atoms with Gasteiger partial charge in [-0.2, -0.15) is 31.4 Å². The maximum Gasteiger partial charge on any atom is 0.416 e. The number of nitrogens with zero attached hydrogens (tertiary/aromatic N) is 4. The van der Waals surface area contributed by atoms with Gasteiger partial charge in [0, 0.05) is 11.9 Å². The number of ether oxygens (including phenoxy) is 1. The summed E-state index contributed by atoms with van der Waals surface area (Å²) in [7, 11) is 0. The molecule has 8 nitrogen and oxygen atoms in total. The molecule has 2 aliphatic rings. The van der Waals surface area contributed by atoms with Gasteiger partial charge in [-0.25, -0.2) is 4.79 Å². The van der Waals surface area contributed by atoms with Gasteiger partial charge in [0.05, 0.1) is 46.9 Å². The van der Waals surface area contributed by atoms with E-state index in [1.165, 1.54) is 21.9 Å². The Balaban J connectivity index is 1.33. The van der Waals surface area contributed by atoms with Crippen LogP contribution in [0.25, 0.3) is 17.0 Å². The molecule has 1 aromatic heterocycles. The first-order valence-corrected chi connectivity index (χ1v) is 14.7. The lowest BCUT2D eigenvalue weighted by molar-refractivity contribution is -0.143. The molecular weight excluding hydrogens is 626 g/mol. The summed E-state index contributed by atoms with van der Waals surface area (Å²) < 4.78 is 86.8. The van der Waals surface area contributed by atoms with Crippen LogP contribution in [0.1, 0.15) is 55.9 Å². The number of rotatable bonds is 5. The van der Waals surface area contributed by atoms with Crippen molar-refractivity contribution in [2.45, 2.75) is 64.2 Å². The number of hydrogen-bond donors (Lipinski definition) is 0. The van der Waals surface area contributed by atoms with E-state index in [1.54, 1.807) is 39.0 Å². The molecule has 0 aliphatic carbocycles. The van der Waals surface area contributed by atoms with Crippen LogP contribution in [0.5, 0.6) is 0 Å². The molecule has 5 rings (SSSR count). The first kappa shape index (κ1) is 32.4. The molecule has 2 fully saturated rings. The zero-order valence-corrected chi connectivity index (χ0v) is 25.1. The van der Waals surface area contributed by atoms with Crippen molar-refractivity contribution >= 4 is 46.0 Å². The molecule has 45 heavy (non-hydrogen) atoms. The van der Waals surface area contributed by atoms with E-state index in [4.69, 9.17) is 4.74 Å². The van der Waals surface area contributed by atoms with Crippen molar-refractivity contribution in [2.24, 2.45) is 0 Å². The van der Waals surface area contributed by atoms with Crippen LogP contribution in [0.2, 0.25) is 0 Å². The topological polar surface area (TPSA) is 84.7 Å². The minimum absolute atomic E-state index is 0.0247. The highest BCUT2D eigenvalue weighted by molar-refractivity contribution is 8.18. The van der Waals surface area contributed by atoms with E-state index in [0.717, 1.165) is 22.7 Å². The average Bonchev–Trinajstić information content (AvgIpc) is 3.61. The number of imide groups is 1. The lowest BCUT2D eigenvalue weighted by atomic mass is 10.0. The molecule has 0 unspecified atom stereocenters. The smallest absolute Gasteiger partial charge is 0.416 e. The molecule has 0 radical (unpaired) electrons. The highest BCUT2D eigenvalue weighted by atomic mass is 32.2. The number of benzene rings is 2. The Bertz CT molecular complexity index is 1690. The van der Waals surface area contributed by atoms with E-state index in [2.05, 4.69) is 5.10 Å². The van der Waals surface area contributed by atoms with Gasteiger partial charge >= 0.3 is 18.4 Å². The Kier molecular flexibility index (Phi) is 8.44. The summed E-state index contributed by atoms with van der Waals surface area (Å²) in [6, 6.07) is 5.89.